The third-order valence-corrected chi connectivity index (χ3v) is 2.91. The van der Waals surface area contributed by atoms with Crippen LogP contribution in [0, 0.1) is 0 Å². The average molecular weight is 312 g/mol. The molecule has 0 unspecified atom stereocenters. The van der Waals surface area contributed by atoms with Crippen molar-refractivity contribution in [3.63, 3.8) is 0 Å². The van der Waals surface area contributed by atoms with Gasteiger partial charge in [0.25, 0.3) is 0 Å². The molecular weight excluding hydrogens is 290 g/mol. The van der Waals surface area contributed by atoms with Crippen LogP contribution >= 0.6 is 15.9 Å². The molecule has 1 aromatic rings. The van der Waals surface area contributed by atoms with Gasteiger partial charge in [0.15, 0.2) is 0 Å². The molecule has 100 valence electrons. The Morgan fingerprint density at radius 2 is 2.22 bits per heavy atom. The first-order valence-corrected chi connectivity index (χ1v) is 6.92. The van der Waals surface area contributed by atoms with Crippen molar-refractivity contribution in [2.24, 2.45) is 0 Å². The van der Waals surface area contributed by atoms with Crippen molar-refractivity contribution >= 4 is 21.7 Å². The highest BCUT2D eigenvalue weighted by atomic mass is 79.9. The maximum atomic E-state index is 4.51. The summed E-state index contributed by atoms with van der Waals surface area (Å²) in [5.41, 5.74) is 2.33. The Bertz CT molecular complexity index is 416. The summed E-state index contributed by atoms with van der Waals surface area (Å²) in [4.78, 5) is 6.64. The molecule has 0 fully saturated rings. The predicted octanol–water partition coefficient (Wildman–Crippen LogP) is 3.35. The summed E-state index contributed by atoms with van der Waals surface area (Å²) in [7, 11) is 2.05. The Kier molecular flexibility index (Phi) is 5.82. The normalized spacial score (nSPS) is 10.8. The molecule has 1 rings (SSSR count). The van der Waals surface area contributed by atoms with Crippen molar-refractivity contribution in [2.45, 2.75) is 33.4 Å². The van der Waals surface area contributed by atoms with Gasteiger partial charge in [-0.05, 0) is 28.9 Å². The van der Waals surface area contributed by atoms with Gasteiger partial charge in [0.1, 0.15) is 5.82 Å². The van der Waals surface area contributed by atoms with E-state index < -0.39 is 0 Å². The monoisotopic (exact) mass is 311 g/mol. The lowest BCUT2D eigenvalue weighted by molar-refractivity contribution is 0.587. The number of hydrogen-bond acceptors (Lipinski definition) is 3. The minimum absolute atomic E-state index is 0.461. The molecule has 4 heteroatoms. The van der Waals surface area contributed by atoms with Crippen molar-refractivity contribution in [1.29, 1.82) is 0 Å². The molecule has 0 aliphatic carbocycles. The van der Waals surface area contributed by atoms with Crippen molar-refractivity contribution in [3.05, 3.63) is 34.5 Å². The van der Waals surface area contributed by atoms with E-state index in [1.54, 1.807) is 0 Å². The van der Waals surface area contributed by atoms with E-state index in [0.29, 0.717) is 6.04 Å². The van der Waals surface area contributed by atoms with Gasteiger partial charge in [-0.25, -0.2) is 4.98 Å². The maximum Gasteiger partial charge on any atom is 0.133 e. The summed E-state index contributed by atoms with van der Waals surface area (Å²) in [6.07, 6.45) is 1.84. The van der Waals surface area contributed by atoms with Gasteiger partial charge in [0.2, 0.25) is 0 Å². The molecule has 3 nitrogen and oxygen atoms in total. The average Bonchev–Trinajstić information content (AvgIpc) is 2.25. The SMILES string of the molecule is C=C(C)CN(C)c1ncc(Br)cc1CNC(C)C. The van der Waals surface area contributed by atoms with E-state index in [0.717, 1.165) is 29.0 Å². The first-order chi connectivity index (χ1) is 8.40. The number of halogens is 1. The van der Waals surface area contributed by atoms with E-state index in [4.69, 9.17) is 0 Å². The standard InChI is InChI=1S/C14H22BrN3/c1-10(2)9-18(5)14-12(7-16-11(3)4)6-13(15)8-17-14/h6,8,11,16H,1,7,9H2,2-5H3. The fourth-order valence-electron chi connectivity index (χ4n) is 1.74. The van der Waals surface area contributed by atoms with Crippen LogP contribution in [0.2, 0.25) is 0 Å². The molecule has 1 heterocycles. The van der Waals surface area contributed by atoms with E-state index in [-0.39, 0.29) is 0 Å². The number of anilines is 1. The van der Waals surface area contributed by atoms with Crippen LogP contribution in [0.15, 0.2) is 28.9 Å². The third-order valence-electron chi connectivity index (χ3n) is 2.48. The topological polar surface area (TPSA) is 28.2 Å². The number of pyridine rings is 1. The Balaban J connectivity index is 2.91. The Labute approximate surface area is 118 Å². The minimum Gasteiger partial charge on any atom is -0.355 e. The fourth-order valence-corrected chi connectivity index (χ4v) is 2.12. The van der Waals surface area contributed by atoms with Crippen LogP contribution in [0.3, 0.4) is 0 Å². The molecule has 1 N–H and O–H groups in total. The molecule has 1 aromatic heterocycles. The Morgan fingerprint density at radius 1 is 1.56 bits per heavy atom. The molecule has 0 aliphatic heterocycles. The van der Waals surface area contributed by atoms with Gasteiger partial charge in [-0.15, -0.1) is 0 Å². The second kappa shape index (κ2) is 6.90. The van der Waals surface area contributed by atoms with Gasteiger partial charge in [-0.2, -0.15) is 0 Å². The molecule has 0 bridgehead atoms. The largest absolute Gasteiger partial charge is 0.355 e. The van der Waals surface area contributed by atoms with Gasteiger partial charge in [-0.3, -0.25) is 0 Å². The molecular formula is C14H22BrN3. The Hall–Kier alpha value is -0.870. The molecule has 0 atom stereocenters. The zero-order valence-electron chi connectivity index (χ0n) is 11.6. The maximum absolute atomic E-state index is 4.51. The van der Waals surface area contributed by atoms with Gasteiger partial charge >= 0.3 is 0 Å². The van der Waals surface area contributed by atoms with Gasteiger partial charge in [-0.1, -0.05) is 26.0 Å². The molecule has 0 aliphatic rings. The van der Waals surface area contributed by atoms with E-state index in [9.17, 15) is 0 Å². The molecule has 0 saturated carbocycles. The van der Waals surface area contributed by atoms with E-state index >= 15 is 0 Å². The van der Waals surface area contributed by atoms with Crippen LogP contribution in [-0.4, -0.2) is 24.6 Å². The smallest absolute Gasteiger partial charge is 0.133 e. The lowest BCUT2D eigenvalue weighted by atomic mass is 10.2. The third kappa shape index (κ3) is 4.78. The predicted molar refractivity (Wildman–Crippen MR) is 82.0 cm³/mol. The van der Waals surface area contributed by atoms with Crippen molar-refractivity contribution in [1.82, 2.24) is 10.3 Å². The zero-order valence-corrected chi connectivity index (χ0v) is 13.2. The number of aromatic nitrogens is 1. The summed E-state index contributed by atoms with van der Waals surface area (Å²) in [6.45, 7) is 11.9. The van der Waals surface area contributed by atoms with Gasteiger partial charge in [0.05, 0.1) is 0 Å². The quantitative estimate of drug-likeness (QED) is 0.817. The molecule has 0 amide bonds. The summed E-state index contributed by atoms with van der Waals surface area (Å²) in [5, 5.41) is 3.43. The van der Waals surface area contributed by atoms with Crippen LogP contribution in [0.4, 0.5) is 5.82 Å². The van der Waals surface area contributed by atoms with Crippen LogP contribution in [0.1, 0.15) is 26.3 Å². The van der Waals surface area contributed by atoms with E-state index in [2.05, 4.69) is 57.6 Å². The fraction of sp³-hybridized carbons (Fsp3) is 0.500. The van der Waals surface area contributed by atoms with Crippen molar-refractivity contribution in [2.75, 3.05) is 18.5 Å². The lowest BCUT2D eigenvalue weighted by Crippen LogP contribution is -2.26. The summed E-state index contributed by atoms with van der Waals surface area (Å²) in [6, 6.07) is 2.58. The van der Waals surface area contributed by atoms with Crippen molar-refractivity contribution < 1.29 is 0 Å². The van der Waals surface area contributed by atoms with Crippen LogP contribution in [-0.2, 0) is 6.54 Å². The lowest BCUT2D eigenvalue weighted by Gasteiger charge is -2.22. The van der Waals surface area contributed by atoms with Crippen LogP contribution in [0.5, 0.6) is 0 Å². The summed E-state index contributed by atoms with van der Waals surface area (Å²) in [5.74, 6) is 1.01. The summed E-state index contributed by atoms with van der Waals surface area (Å²) < 4.78 is 1.01. The molecule has 0 saturated heterocycles. The molecule has 0 radical (unpaired) electrons. The Morgan fingerprint density at radius 3 is 2.78 bits per heavy atom. The zero-order chi connectivity index (χ0) is 13.7. The number of likely N-dealkylation sites (N-methyl/N-ethyl adjacent to an activating group) is 1. The highest BCUT2D eigenvalue weighted by Gasteiger charge is 2.10. The second-order valence-electron chi connectivity index (χ2n) is 4.99. The summed E-state index contributed by atoms with van der Waals surface area (Å²) >= 11 is 3.48. The van der Waals surface area contributed by atoms with Crippen molar-refractivity contribution in [3.8, 4) is 0 Å². The second-order valence-corrected chi connectivity index (χ2v) is 5.90. The van der Waals surface area contributed by atoms with Crippen LogP contribution in [0.25, 0.3) is 0 Å². The number of hydrogen-bond donors (Lipinski definition) is 1. The van der Waals surface area contributed by atoms with Gasteiger partial charge in [0, 0.05) is 42.4 Å². The highest BCUT2D eigenvalue weighted by Crippen LogP contribution is 2.21. The first kappa shape index (κ1) is 15.2. The van der Waals surface area contributed by atoms with Gasteiger partial charge < -0.3 is 10.2 Å². The minimum atomic E-state index is 0.461. The first-order valence-electron chi connectivity index (χ1n) is 6.13. The molecule has 0 spiro atoms. The highest BCUT2D eigenvalue weighted by molar-refractivity contribution is 9.10. The van der Waals surface area contributed by atoms with Crippen LogP contribution < -0.4 is 10.2 Å². The van der Waals surface area contributed by atoms with E-state index in [1.165, 1.54) is 5.56 Å². The molecule has 0 aromatic carbocycles. The number of rotatable bonds is 6. The number of nitrogens with one attached hydrogen (secondary N) is 1. The number of nitrogens with zero attached hydrogens (tertiary/aromatic N) is 2. The van der Waals surface area contributed by atoms with E-state index in [1.807, 2.05) is 20.2 Å². The molecule has 18 heavy (non-hydrogen) atoms.